The van der Waals surface area contributed by atoms with Gasteiger partial charge in [-0.05, 0) is 37.4 Å². The summed E-state index contributed by atoms with van der Waals surface area (Å²) >= 11 is 6.14. The molecule has 1 aromatic carbocycles. The fraction of sp³-hybridized carbons (Fsp3) is 0.500. The SMILES string of the molecule is CCC1(C(=O)O)CCCN1Cc1ccccc1Cl. The Morgan fingerprint density at radius 1 is 1.50 bits per heavy atom. The predicted molar refractivity (Wildman–Crippen MR) is 71.8 cm³/mol. The molecular formula is C14H18ClNO2. The molecular weight excluding hydrogens is 250 g/mol. The second-order valence-electron chi connectivity index (χ2n) is 4.81. The summed E-state index contributed by atoms with van der Waals surface area (Å²) in [6.07, 6.45) is 2.29. The Morgan fingerprint density at radius 3 is 2.83 bits per heavy atom. The van der Waals surface area contributed by atoms with Crippen molar-refractivity contribution in [2.75, 3.05) is 6.54 Å². The van der Waals surface area contributed by atoms with Crippen molar-refractivity contribution in [3.8, 4) is 0 Å². The van der Waals surface area contributed by atoms with Crippen LogP contribution in [0.1, 0.15) is 31.7 Å². The van der Waals surface area contributed by atoms with Gasteiger partial charge in [-0.15, -0.1) is 0 Å². The van der Waals surface area contributed by atoms with Crippen LogP contribution in [0.3, 0.4) is 0 Å². The van der Waals surface area contributed by atoms with Crippen molar-refractivity contribution in [2.45, 2.75) is 38.3 Å². The second kappa shape index (κ2) is 5.29. The Bertz CT molecular complexity index is 449. The van der Waals surface area contributed by atoms with Crippen LogP contribution in [-0.4, -0.2) is 28.1 Å². The van der Waals surface area contributed by atoms with Crippen molar-refractivity contribution in [2.24, 2.45) is 0 Å². The molecule has 1 unspecified atom stereocenters. The number of aliphatic carboxylic acids is 1. The summed E-state index contributed by atoms with van der Waals surface area (Å²) in [6.45, 7) is 3.38. The molecule has 1 aliphatic rings. The molecule has 0 spiro atoms. The Morgan fingerprint density at radius 2 is 2.22 bits per heavy atom. The van der Waals surface area contributed by atoms with E-state index in [1.807, 2.05) is 31.2 Å². The number of likely N-dealkylation sites (tertiary alicyclic amines) is 1. The van der Waals surface area contributed by atoms with Gasteiger partial charge in [0.1, 0.15) is 5.54 Å². The highest BCUT2D eigenvalue weighted by atomic mass is 35.5. The molecule has 1 aromatic rings. The number of benzene rings is 1. The minimum Gasteiger partial charge on any atom is -0.480 e. The van der Waals surface area contributed by atoms with Crippen LogP contribution in [0.4, 0.5) is 0 Å². The van der Waals surface area contributed by atoms with E-state index in [-0.39, 0.29) is 0 Å². The van der Waals surface area contributed by atoms with Crippen LogP contribution in [0.5, 0.6) is 0 Å². The lowest BCUT2D eigenvalue weighted by Gasteiger charge is -2.34. The maximum Gasteiger partial charge on any atom is 0.324 e. The van der Waals surface area contributed by atoms with E-state index < -0.39 is 11.5 Å². The number of hydrogen-bond acceptors (Lipinski definition) is 2. The Kier molecular flexibility index (Phi) is 3.93. The van der Waals surface area contributed by atoms with Crippen LogP contribution in [0.25, 0.3) is 0 Å². The molecule has 0 aliphatic carbocycles. The normalized spacial score (nSPS) is 24.3. The molecule has 0 saturated carbocycles. The van der Waals surface area contributed by atoms with E-state index >= 15 is 0 Å². The van der Waals surface area contributed by atoms with Gasteiger partial charge in [-0.25, -0.2) is 0 Å². The van der Waals surface area contributed by atoms with Gasteiger partial charge >= 0.3 is 5.97 Å². The highest BCUT2D eigenvalue weighted by Gasteiger charge is 2.45. The number of halogens is 1. The maximum atomic E-state index is 11.6. The molecule has 1 heterocycles. The summed E-state index contributed by atoms with van der Waals surface area (Å²) < 4.78 is 0. The van der Waals surface area contributed by atoms with E-state index in [2.05, 4.69) is 4.90 Å². The van der Waals surface area contributed by atoms with Gasteiger partial charge in [0.05, 0.1) is 0 Å². The number of nitrogens with zero attached hydrogens (tertiary/aromatic N) is 1. The first kappa shape index (κ1) is 13.4. The summed E-state index contributed by atoms with van der Waals surface area (Å²) in [7, 11) is 0. The van der Waals surface area contributed by atoms with Crippen molar-refractivity contribution >= 4 is 17.6 Å². The van der Waals surface area contributed by atoms with E-state index in [9.17, 15) is 9.90 Å². The van der Waals surface area contributed by atoms with Crippen LogP contribution >= 0.6 is 11.6 Å². The molecule has 98 valence electrons. The largest absolute Gasteiger partial charge is 0.480 e. The van der Waals surface area contributed by atoms with Gasteiger partial charge in [0.2, 0.25) is 0 Å². The van der Waals surface area contributed by atoms with Crippen LogP contribution in [-0.2, 0) is 11.3 Å². The van der Waals surface area contributed by atoms with Crippen LogP contribution in [0, 0.1) is 0 Å². The lowest BCUT2D eigenvalue weighted by atomic mass is 9.92. The minimum atomic E-state index is -0.713. The smallest absolute Gasteiger partial charge is 0.324 e. The van der Waals surface area contributed by atoms with Gasteiger partial charge in [-0.3, -0.25) is 9.69 Å². The molecule has 0 bridgehead atoms. The number of hydrogen-bond donors (Lipinski definition) is 1. The zero-order valence-corrected chi connectivity index (χ0v) is 11.3. The number of rotatable bonds is 4. The molecule has 4 heteroatoms. The van der Waals surface area contributed by atoms with E-state index in [4.69, 9.17) is 11.6 Å². The third kappa shape index (κ3) is 2.25. The molecule has 2 rings (SSSR count). The van der Waals surface area contributed by atoms with Crippen molar-refractivity contribution in [1.29, 1.82) is 0 Å². The average Bonchev–Trinajstić information content (AvgIpc) is 2.76. The van der Waals surface area contributed by atoms with Gasteiger partial charge in [0.25, 0.3) is 0 Å². The summed E-state index contributed by atoms with van der Waals surface area (Å²) in [5.74, 6) is -0.713. The molecule has 0 aromatic heterocycles. The van der Waals surface area contributed by atoms with Gasteiger partial charge in [-0.2, -0.15) is 0 Å². The Labute approximate surface area is 112 Å². The highest BCUT2D eigenvalue weighted by Crippen LogP contribution is 2.34. The van der Waals surface area contributed by atoms with Crippen molar-refractivity contribution < 1.29 is 9.90 Å². The van der Waals surface area contributed by atoms with Crippen molar-refractivity contribution in [3.05, 3.63) is 34.9 Å². The van der Waals surface area contributed by atoms with Gasteiger partial charge in [0.15, 0.2) is 0 Å². The van der Waals surface area contributed by atoms with Crippen LogP contribution < -0.4 is 0 Å². The molecule has 1 atom stereocenters. The third-order valence-corrected chi connectivity index (χ3v) is 4.29. The van der Waals surface area contributed by atoms with Gasteiger partial charge < -0.3 is 5.11 Å². The van der Waals surface area contributed by atoms with E-state index in [1.54, 1.807) is 0 Å². The van der Waals surface area contributed by atoms with Gasteiger partial charge in [-0.1, -0.05) is 36.7 Å². The summed E-state index contributed by atoms with van der Waals surface area (Å²) in [5.41, 5.74) is 0.291. The zero-order valence-electron chi connectivity index (χ0n) is 10.5. The first-order valence-corrected chi connectivity index (χ1v) is 6.70. The second-order valence-corrected chi connectivity index (χ2v) is 5.21. The van der Waals surface area contributed by atoms with Crippen LogP contribution in [0.2, 0.25) is 5.02 Å². The Hall–Kier alpha value is -1.06. The first-order valence-electron chi connectivity index (χ1n) is 6.32. The van der Waals surface area contributed by atoms with Gasteiger partial charge in [0, 0.05) is 11.6 Å². The molecule has 0 amide bonds. The fourth-order valence-corrected chi connectivity index (χ4v) is 2.99. The van der Waals surface area contributed by atoms with Crippen molar-refractivity contribution in [1.82, 2.24) is 4.90 Å². The molecule has 18 heavy (non-hydrogen) atoms. The zero-order chi connectivity index (χ0) is 13.2. The molecule has 1 N–H and O–H groups in total. The number of carboxylic acids is 1. The maximum absolute atomic E-state index is 11.6. The monoisotopic (exact) mass is 267 g/mol. The standard InChI is InChI=1S/C14H18ClNO2/c1-2-14(13(17)18)8-5-9-16(14)10-11-6-3-4-7-12(11)15/h3-4,6-7H,2,5,8-10H2,1H3,(H,17,18). The summed E-state index contributed by atoms with van der Waals surface area (Å²) in [5, 5.41) is 10.2. The third-order valence-electron chi connectivity index (χ3n) is 3.93. The minimum absolute atomic E-state index is 0.611. The lowest BCUT2D eigenvalue weighted by molar-refractivity contribution is -0.150. The molecule has 1 aliphatic heterocycles. The van der Waals surface area contributed by atoms with Crippen LogP contribution in [0.15, 0.2) is 24.3 Å². The molecule has 3 nitrogen and oxygen atoms in total. The Balaban J connectivity index is 2.23. The van der Waals surface area contributed by atoms with E-state index in [0.717, 1.165) is 24.9 Å². The molecule has 0 radical (unpaired) electrons. The average molecular weight is 268 g/mol. The molecule has 1 fully saturated rings. The molecule has 1 saturated heterocycles. The van der Waals surface area contributed by atoms with Crippen molar-refractivity contribution in [3.63, 3.8) is 0 Å². The number of carbonyl (C=O) groups is 1. The van der Waals surface area contributed by atoms with E-state index in [0.29, 0.717) is 18.0 Å². The number of carboxylic acid groups (broad SMARTS) is 1. The first-order chi connectivity index (χ1) is 8.60. The summed E-state index contributed by atoms with van der Waals surface area (Å²) in [6, 6.07) is 7.63. The fourth-order valence-electron chi connectivity index (χ4n) is 2.79. The predicted octanol–water partition coefficient (Wildman–Crippen LogP) is 3.17. The summed E-state index contributed by atoms with van der Waals surface area (Å²) in [4.78, 5) is 13.6. The lowest BCUT2D eigenvalue weighted by Crippen LogP contribution is -2.49. The quantitative estimate of drug-likeness (QED) is 0.911. The van der Waals surface area contributed by atoms with E-state index in [1.165, 1.54) is 0 Å². The highest BCUT2D eigenvalue weighted by molar-refractivity contribution is 6.31. The topological polar surface area (TPSA) is 40.5 Å².